The van der Waals surface area contributed by atoms with E-state index in [4.69, 9.17) is 16.3 Å². The fraction of sp³-hybridized carbons (Fsp3) is 0.571. The van der Waals surface area contributed by atoms with E-state index < -0.39 is 17.5 Å². The van der Waals surface area contributed by atoms with Gasteiger partial charge in [0.15, 0.2) is 0 Å². The van der Waals surface area contributed by atoms with Gasteiger partial charge in [-0.3, -0.25) is 0 Å². The minimum Gasteiger partial charge on any atom is -0.390 e. The maximum absolute atomic E-state index is 13.3. The summed E-state index contributed by atoms with van der Waals surface area (Å²) in [5.74, 6) is -0.462. The Balaban J connectivity index is 2.79. The molecule has 1 aromatic rings. The van der Waals surface area contributed by atoms with Crippen LogP contribution in [-0.4, -0.2) is 23.4 Å². The number of hydrogen-bond acceptors (Lipinski definition) is 2. The van der Waals surface area contributed by atoms with Gasteiger partial charge in [-0.1, -0.05) is 24.6 Å². The van der Waals surface area contributed by atoms with Crippen LogP contribution >= 0.6 is 11.6 Å². The minimum absolute atomic E-state index is 0.0938. The van der Waals surface area contributed by atoms with E-state index in [0.29, 0.717) is 25.0 Å². The summed E-state index contributed by atoms with van der Waals surface area (Å²) in [6.45, 7) is 6.26. The molecule has 0 fully saturated rings. The lowest BCUT2D eigenvalue weighted by molar-refractivity contribution is -0.110. The third-order valence-electron chi connectivity index (χ3n) is 3.29. The van der Waals surface area contributed by atoms with Crippen LogP contribution in [0.1, 0.15) is 32.8 Å². The van der Waals surface area contributed by atoms with E-state index in [0.717, 1.165) is 0 Å². The van der Waals surface area contributed by atoms with Gasteiger partial charge in [-0.15, -0.1) is 0 Å². The molecular weight excluding hydrogens is 255 g/mol. The van der Waals surface area contributed by atoms with Gasteiger partial charge < -0.3 is 9.84 Å². The number of aliphatic hydroxyl groups is 1. The van der Waals surface area contributed by atoms with Crippen LogP contribution in [0.5, 0.6) is 0 Å². The summed E-state index contributed by atoms with van der Waals surface area (Å²) in [7, 11) is 0. The van der Waals surface area contributed by atoms with E-state index >= 15 is 0 Å². The highest BCUT2D eigenvalue weighted by molar-refractivity contribution is 6.30. The number of rotatable bonds is 6. The molecule has 2 atom stereocenters. The Morgan fingerprint density at radius 1 is 1.44 bits per heavy atom. The second-order valence-corrected chi connectivity index (χ2v) is 4.97. The topological polar surface area (TPSA) is 29.5 Å². The Morgan fingerprint density at radius 2 is 2.11 bits per heavy atom. The summed E-state index contributed by atoms with van der Waals surface area (Å²) in [5.41, 5.74) is 0.106. The van der Waals surface area contributed by atoms with Gasteiger partial charge in [0.1, 0.15) is 5.82 Å². The Morgan fingerprint density at radius 3 is 2.61 bits per heavy atom. The first-order valence-corrected chi connectivity index (χ1v) is 6.56. The average molecular weight is 275 g/mol. The van der Waals surface area contributed by atoms with E-state index in [1.165, 1.54) is 12.1 Å². The van der Waals surface area contributed by atoms with Gasteiger partial charge in [0.2, 0.25) is 0 Å². The zero-order chi connectivity index (χ0) is 13.8. The Labute approximate surface area is 113 Å². The lowest BCUT2D eigenvalue weighted by Gasteiger charge is -2.33. The van der Waals surface area contributed by atoms with E-state index in [2.05, 4.69) is 0 Å². The zero-order valence-electron chi connectivity index (χ0n) is 11.0. The number of halogens is 2. The normalized spacial score (nSPS) is 16.3. The summed E-state index contributed by atoms with van der Waals surface area (Å²) in [4.78, 5) is 0. The van der Waals surface area contributed by atoms with E-state index in [1.54, 1.807) is 6.07 Å². The van der Waals surface area contributed by atoms with Gasteiger partial charge >= 0.3 is 0 Å². The van der Waals surface area contributed by atoms with Crippen LogP contribution in [0.25, 0.3) is 0 Å². The second-order valence-electron chi connectivity index (χ2n) is 4.57. The fourth-order valence-corrected chi connectivity index (χ4v) is 1.99. The van der Waals surface area contributed by atoms with Crippen LogP contribution in [0.3, 0.4) is 0 Å². The highest BCUT2D eigenvalue weighted by Gasteiger charge is 2.31. The van der Waals surface area contributed by atoms with Crippen LogP contribution in [0.15, 0.2) is 18.2 Å². The third kappa shape index (κ3) is 3.67. The molecule has 0 spiro atoms. The highest BCUT2D eigenvalue weighted by atomic mass is 35.5. The van der Waals surface area contributed by atoms with E-state index in [9.17, 15) is 9.50 Å². The van der Waals surface area contributed by atoms with Crippen LogP contribution in [0, 0.1) is 5.82 Å². The predicted molar refractivity (Wildman–Crippen MR) is 71.4 cm³/mol. The standard InChI is InChI=1S/C14H20ClFO2/c1-4-14(3,18-5-2)13(17)9-10-6-7-11(15)12(16)8-10/h6-8,13,17H,4-5,9H2,1-3H3. The summed E-state index contributed by atoms with van der Waals surface area (Å²) < 4.78 is 18.9. The maximum atomic E-state index is 13.3. The number of hydrogen-bond donors (Lipinski definition) is 1. The molecular formula is C14H20ClFO2. The molecule has 2 nitrogen and oxygen atoms in total. The molecule has 1 N–H and O–H groups in total. The maximum Gasteiger partial charge on any atom is 0.142 e. The molecule has 0 saturated carbocycles. The van der Waals surface area contributed by atoms with Crippen LogP contribution in [0.4, 0.5) is 4.39 Å². The molecule has 18 heavy (non-hydrogen) atoms. The summed E-state index contributed by atoms with van der Waals surface area (Å²) in [6.07, 6.45) is 0.360. The molecule has 0 amide bonds. The molecule has 1 rings (SSSR count). The highest BCUT2D eigenvalue weighted by Crippen LogP contribution is 2.24. The molecule has 0 bridgehead atoms. The van der Waals surface area contributed by atoms with Crippen molar-refractivity contribution in [3.63, 3.8) is 0 Å². The predicted octanol–water partition coefficient (Wildman–Crippen LogP) is 3.59. The van der Waals surface area contributed by atoms with Gasteiger partial charge in [0.25, 0.3) is 0 Å². The Bertz CT molecular complexity index is 397. The molecule has 0 saturated heterocycles. The molecule has 0 aliphatic heterocycles. The first-order valence-electron chi connectivity index (χ1n) is 6.19. The largest absolute Gasteiger partial charge is 0.390 e. The van der Waals surface area contributed by atoms with Crippen molar-refractivity contribution < 1.29 is 14.2 Å². The summed E-state index contributed by atoms with van der Waals surface area (Å²) in [6, 6.07) is 4.58. The average Bonchev–Trinajstić information content (AvgIpc) is 2.34. The molecule has 0 aliphatic carbocycles. The van der Waals surface area contributed by atoms with Gasteiger partial charge in [-0.05, 0) is 38.0 Å². The van der Waals surface area contributed by atoms with Crippen molar-refractivity contribution >= 4 is 11.6 Å². The Kier molecular flexibility index (Phi) is 5.57. The third-order valence-corrected chi connectivity index (χ3v) is 3.60. The van der Waals surface area contributed by atoms with E-state index in [-0.39, 0.29) is 5.02 Å². The van der Waals surface area contributed by atoms with Crippen molar-refractivity contribution in [3.05, 3.63) is 34.6 Å². The quantitative estimate of drug-likeness (QED) is 0.859. The molecule has 2 unspecified atom stereocenters. The Hall–Kier alpha value is -0.640. The van der Waals surface area contributed by atoms with Crippen LogP contribution in [0.2, 0.25) is 5.02 Å². The van der Waals surface area contributed by atoms with Crippen molar-refractivity contribution in [2.75, 3.05) is 6.61 Å². The zero-order valence-corrected chi connectivity index (χ0v) is 11.8. The first-order chi connectivity index (χ1) is 8.42. The molecule has 0 heterocycles. The van der Waals surface area contributed by atoms with Crippen molar-refractivity contribution in [2.24, 2.45) is 0 Å². The SMILES string of the molecule is CCOC(C)(CC)C(O)Cc1ccc(Cl)c(F)c1. The molecule has 102 valence electrons. The monoisotopic (exact) mass is 274 g/mol. The van der Waals surface area contributed by atoms with E-state index in [1.807, 2.05) is 20.8 Å². The molecule has 0 radical (unpaired) electrons. The summed E-state index contributed by atoms with van der Waals surface area (Å²) >= 11 is 5.62. The fourth-order valence-electron chi connectivity index (χ4n) is 1.87. The first kappa shape index (κ1) is 15.4. The van der Waals surface area contributed by atoms with Crippen LogP contribution < -0.4 is 0 Å². The van der Waals surface area contributed by atoms with Crippen molar-refractivity contribution in [2.45, 2.75) is 45.3 Å². The van der Waals surface area contributed by atoms with Crippen molar-refractivity contribution in [1.29, 1.82) is 0 Å². The summed E-state index contributed by atoms with van der Waals surface area (Å²) in [5, 5.41) is 10.3. The molecule has 1 aromatic carbocycles. The smallest absolute Gasteiger partial charge is 0.142 e. The van der Waals surface area contributed by atoms with Crippen molar-refractivity contribution in [3.8, 4) is 0 Å². The minimum atomic E-state index is -0.678. The van der Waals surface area contributed by atoms with Gasteiger partial charge in [0.05, 0.1) is 16.7 Å². The van der Waals surface area contributed by atoms with Crippen LogP contribution in [-0.2, 0) is 11.2 Å². The molecule has 0 aromatic heterocycles. The number of ether oxygens (including phenoxy) is 1. The lowest BCUT2D eigenvalue weighted by atomic mass is 9.90. The molecule has 4 heteroatoms. The van der Waals surface area contributed by atoms with Crippen molar-refractivity contribution in [1.82, 2.24) is 0 Å². The van der Waals surface area contributed by atoms with Gasteiger partial charge in [0, 0.05) is 13.0 Å². The number of aliphatic hydroxyl groups excluding tert-OH is 1. The van der Waals surface area contributed by atoms with Gasteiger partial charge in [-0.2, -0.15) is 0 Å². The second kappa shape index (κ2) is 6.50. The number of benzene rings is 1. The van der Waals surface area contributed by atoms with Gasteiger partial charge in [-0.25, -0.2) is 4.39 Å². The molecule has 0 aliphatic rings. The lowest BCUT2D eigenvalue weighted by Crippen LogP contribution is -2.42.